The molecule has 19 heavy (non-hydrogen) atoms. The van der Waals surface area contributed by atoms with Gasteiger partial charge in [0, 0.05) is 35.3 Å². The third kappa shape index (κ3) is 4.96. The van der Waals surface area contributed by atoms with Gasteiger partial charge >= 0.3 is 0 Å². The minimum atomic E-state index is 0.0199. The van der Waals surface area contributed by atoms with Gasteiger partial charge in [-0.25, -0.2) is 4.98 Å². The fourth-order valence-corrected chi connectivity index (χ4v) is 2.34. The predicted octanol–water partition coefficient (Wildman–Crippen LogP) is 2.51. The number of H-pyrrole nitrogens is 1. The molecule has 1 amide bonds. The predicted molar refractivity (Wildman–Crippen MR) is 77.5 cm³/mol. The summed E-state index contributed by atoms with van der Waals surface area (Å²) in [4.78, 5) is 19.7. The Morgan fingerprint density at radius 2 is 2.16 bits per heavy atom. The zero-order valence-corrected chi connectivity index (χ0v) is 11.8. The summed E-state index contributed by atoms with van der Waals surface area (Å²) in [6, 6.07) is 7.45. The summed E-state index contributed by atoms with van der Waals surface area (Å²) in [5.41, 5.74) is 0. The lowest BCUT2D eigenvalue weighted by Gasteiger charge is -2.04. The van der Waals surface area contributed by atoms with Crippen molar-refractivity contribution in [3.8, 4) is 0 Å². The van der Waals surface area contributed by atoms with Crippen LogP contribution in [0.2, 0.25) is 5.02 Å². The molecule has 4 nitrogen and oxygen atoms in total. The Labute approximate surface area is 121 Å². The summed E-state index contributed by atoms with van der Waals surface area (Å²) in [5, 5.41) is 3.56. The van der Waals surface area contributed by atoms with E-state index in [4.69, 9.17) is 11.6 Å². The van der Waals surface area contributed by atoms with Gasteiger partial charge in [0.2, 0.25) is 5.91 Å². The smallest absolute Gasteiger partial charge is 0.230 e. The van der Waals surface area contributed by atoms with Gasteiger partial charge in [0.1, 0.15) is 5.82 Å². The molecule has 0 saturated carbocycles. The van der Waals surface area contributed by atoms with Crippen LogP contribution in [0.4, 0.5) is 0 Å². The minimum Gasteiger partial charge on any atom is -0.355 e. The molecule has 0 fully saturated rings. The molecule has 1 aromatic heterocycles. The van der Waals surface area contributed by atoms with Crippen LogP contribution in [0.25, 0.3) is 0 Å². The Kier molecular flexibility index (Phi) is 5.30. The van der Waals surface area contributed by atoms with E-state index in [9.17, 15) is 4.79 Å². The summed E-state index contributed by atoms with van der Waals surface area (Å²) < 4.78 is 0. The van der Waals surface area contributed by atoms with Crippen LogP contribution in [0.5, 0.6) is 0 Å². The molecule has 0 aliphatic rings. The SMILES string of the molecule is O=C(CSc1ccc(Cl)cc1)NCCc1ncc[nH]1. The maximum Gasteiger partial charge on any atom is 0.230 e. The highest BCUT2D eigenvalue weighted by Crippen LogP contribution is 2.19. The molecular formula is C13H14ClN3OS. The first kappa shape index (κ1) is 14.0. The van der Waals surface area contributed by atoms with Gasteiger partial charge in [-0.05, 0) is 24.3 Å². The summed E-state index contributed by atoms with van der Waals surface area (Å²) in [7, 11) is 0. The topological polar surface area (TPSA) is 57.8 Å². The number of amides is 1. The molecule has 0 radical (unpaired) electrons. The van der Waals surface area contributed by atoms with Gasteiger partial charge in [0.25, 0.3) is 0 Å². The largest absolute Gasteiger partial charge is 0.355 e. The van der Waals surface area contributed by atoms with Crippen molar-refractivity contribution in [2.75, 3.05) is 12.3 Å². The molecule has 0 aliphatic heterocycles. The van der Waals surface area contributed by atoms with Crippen LogP contribution in [0.1, 0.15) is 5.82 Å². The van der Waals surface area contributed by atoms with E-state index in [1.165, 1.54) is 11.8 Å². The minimum absolute atomic E-state index is 0.0199. The third-order valence-corrected chi connectivity index (χ3v) is 3.69. The lowest BCUT2D eigenvalue weighted by molar-refractivity contribution is -0.118. The zero-order valence-electron chi connectivity index (χ0n) is 10.2. The normalized spacial score (nSPS) is 10.4. The Morgan fingerprint density at radius 1 is 1.37 bits per heavy atom. The van der Waals surface area contributed by atoms with Crippen molar-refractivity contribution in [2.45, 2.75) is 11.3 Å². The number of aromatic amines is 1. The van der Waals surface area contributed by atoms with Crippen molar-refractivity contribution in [2.24, 2.45) is 0 Å². The van der Waals surface area contributed by atoms with Crippen molar-refractivity contribution >= 4 is 29.3 Å². The molecule has 2 N–H and O–H groups in total. The second-order valence-electron chi connectivity index (χ2n) is 3.88. The second-order valence-corrected chi connectivity index (χ2v) is 5.36. The van der Waals surface area contributed by atoms with E-state index < -0.39 is 0 Å². The van der Waals surface area contributed by atoms with E-state index >= 15 is 0 Å². The number of aromatic nitrogens is 2. The average molecular weight is 296 g/mol. The number of hydrogen-bond acceptors (Lipinski definition) is 3. The number of thioether (sulfide) groups is 1. The fraction of sp³-hybridized carbons (Fsp3) is 0.231. The van der Waals surface area contributed by atoms with Crippen LogP contribution in [0.3, 0.4) is 0 Å². The highest BCUT2D eigenvalue weighted by molar-refractivity contribution is 8.00. The first-order valence-corrected chi connectivity index (χ1v) is 7.24. The maximum atomic E-state index is 11.6. The molecule has 6 heteroatoms. The number of rotatable bonds is 6. The maximum absolute atomic E-state index is 11.6. The fourth-order valence-electron chi connectivity index (χ4n) is 1.49. The van der Waals surface area contributed by atoms with Crippen LogP contribution >= 0.6 is 23.4 Å². The Balaban J connectivity index is 1.65. The highest BCUT2D eigenvalue weighted by Gasteiger charge is 2.03. The molecule has 2 rings (SSSR count). The zero-order chi connectivity index (χ0) is 13.5. The van der Waals surface area contributed by atoms with Gasteiger partial charge in [-0.1, -0.05) is 11.6 Å². The summed E-state index contributed by atoms with van der Waals surface area (Å²) in [6.45, 7) is 0.591. The molecule has 0 aliphatic carbocycles. The van der Waals surface area contributed by atoms with E-state index in [0.29, 0.717) is 23.7 Å². The number of nitrogens with one attached hydrogen (secondary N) is 2. The van der Waals surface area contributed by atoms with Crippen molar-refractivity contribution in [1.29, 1.82) is 0 Å². The number of imidazole rings is 1. The van der Waals surface area contributed by atoms with Crippen LogP contribution in [0.15, 0.2) is 41.6 Å². The summed E-state index contributed by atoms with van der Waals surface area (Å²) in [5.74, 6) is 1.30. The average Bonchev–Trinajstić information content (AvgIpc) is 2.91. The molecule has 1 heterocycles. The van der Waals surface area contributed by atoms with Crippen LogP contribution in [-0.4, -0.2) is 28.2 Å². The van der Waals surface area contributed by atoms with Crippen molar-refractivity contribution in [3.05, 3.63) is 47.5 Å². The molecule has 0 bridgehead atoms. The van der Waals surface area contributed by atoms with Gasteiger partial charge in [-0.3, -0.25) is 4.79 Å². The molecular weight excluding hydrogens is 282 g/mol. The molecule has 0 spiro atoms. The first-order chi connectivity index (χ1) is 9.24. The van der Waals surface area contributed by atoms with Crippen LogP contribution < -0.4 is 5.32 Å². The molecule has 0 saturated heterocycles. The standard InChI is InChI=1S/C13H14ClN3OS/c14-10-1-3-11(4-2-10)19-9-13(18)17-6-5-12-15-7-8-16-12/h1-4,7-8H,5-6,9H2,(H,15,16)(H,17,18). The van der Waals surface area contributed by atoms with Crippen LogP contribution in [-0.2, 0) is 11.2 Å². The first-order valence-electron chi connectivity index (χ1n) is 5.87. The highest BCUT2D eigenvalue weighted by atomic mass is 35.5. The van der Waals surface area contributed by atoms with Crippen LogP contribution in [0, 0.1) is 0 Å². The quantitative estimate of drug-likeness (QED) is 0.805. The number of hydrogen-bond donors (Lipinski definition) is 2. The third-order valence-electron chi connectivity index (χ3n) is 2.42. The number of carbonyl (C=O) groups is 1. The molecule has 0 unspecified atom stereocenters. The van der Waals surface area contributed by atoms with Gasteiger partial charge in [0.15, 0.2) is 0 Å². The van der Waals surface area contributed by atoms with Gasteiger partial charge < -0.3 is 10.3 Å². The molecule has 0 atom stereocenters. The van der Waals surface area contributed by atoms with Gasteiger partial charge in [-0.2, -0.15) is 0 Å². The molecule has 100 valence electrons. The Hall–Kier alpha value is -1.46. The van der Waals surface area contributed by atoms with E-state index in [2.05, 4.69) is 15.3 Å². The van der Waals surface area contributed by atoms with E-state index in [-0.39, 0.29) is 5.91 Å². The lowest BCUT2D eigenvalue weighted by atomic mass is 10.4. The van der Waals surface area contributed by atoms with Gasteiger partial charge in [0.05, 0.1) is 5.75 Å². The number of nitrogens with zero attached hydrogens (tertiary/aromatic N) is 1. The monoisotopic (exact) mass is 295 g/mol. The lowest BCUT2D eigenvalue weighted by Crippen LogP contribution is -2.27. The van der Waals surface area contributed by atoms with E-state index in [1.807, 2.05) is 24.3 Å². The van der Waals surface area contributed by atoms with E-state index in [1.54, 1.807) is 12.4 Å². The Morgan fingerprint density at radius 3 is 2.84 bits per heavy atom. The summed E-state index contributed by atoms with van der Waals surface area (Å²) in [6.07, 6.45) is 4.19. The Bertz CT molecular complexity index is 513. The summed E-state index contributed by atoms with van der Waals surface area (Å²) >= 11 is 7.29. The number of halogens is 1. The number of benzene rings is 1. The van der Waals surface area contributed by atoms with Crippen molar-refractivity contribution in [1.82, 2.24) is 15.3 Å². The van der Waals surface area contributed by atoms with E-state index in [0.717, 1.165) is 10.7 Å². The second kappa shape index (κ2) is 7.21. The van der Waals surface area contributed by atoms with Gasteiger partial charge in [-0.15, -0.1) is 11.8 Å². The molecule has 2 aromatic rings. The number of carbonyl (C=O) groups excluding carboxylic acids is 1. The molecule has 1 aromatic carbocycles. The van der Waals surface area contributed by atoms with Crippen molar-refractivity contribution < 1.29 is 4.79 Å². The van der Waals surface area contributed by atoms with Crippen molar-refractivity contribution in [3.63, 3.8) is 0 Å².